The summed E-state index contributed by atoms with van der Waals surface area (Å²) in [6.45, 7) is 9.26. The normalized spacial score (nSPS) is 39.1. The maximum Gasteiger partial charge on any atom is 0.243 e. The number of carbonyl (C=O) groups excluding carboxylic acids is 3. The molecule has 4 atom stereocenters. The summed E-state index contributed by atoms with van der Waals surface area (Å²) in [6, 6.07) is 3.92. The number of benzene rings is 1. The Hall–Kier alpha value is -2.87. The number of likely N-dealkylation sites (N-methyl/N-ethyl adjacent to an activating group) is 1. The molecule has 3 spiro atoms. The highest BCUT2D eigenvalue weighted by atomic mass is 16.5. The maximum absolute atomic E-state index is 14.1. The lowest BCUT2D eigenvalue weighted by Gasteiger charge is -2.66. The summed E-state index contributed by atoms with van der Waals surface area (Å²) in [5.74, 6) is 1.49. The van der Waals surface area contributed by atoms with Crippen LogP contribution in [-0.2, 0) is 19.8 Å². The van der Waals surface area contributed by atoms with Gasteiger partial charge in [0, 0.05) is 20.0 Å². The summed E-state index contributed by atoms with van der Waals surface area (Å²) in [7, 11) is 1.91. The van der Waals surface area contributed by atoms with Crippen molar-refractivity contribution in [2.45, 2.75) is 75.5 Å². The van der Waals surface area contributed by atoms with Crippen molar-refractivity contribution in [2.75, 3.05) is 25.5 Å². The van der Waals surface area contributed by atoms with Crippen molar-refractivity contribution in [1.82, 2.24) is 9.80 Å². The van der Waals surface area contributed by atoms with Crippen molar-refractivity contribution < 1.29 is 23.9 Å². The summed E-state index contributed by atoms with van der Waals surface area (Å²) in [6.07, 6.45) is 5.69. The van der Waals surface area contributed by atoms with E-state index in [1.165, 1.54) is 0 Å². The van der Waals surface area contributed by atoms with Crippen molar-refractivity contribution >= 4 is 23.3 Å². The highest BCUT2D eigenvalue weighted by Gasteiger charge is 2.79. The van der Waals surface area contributed by atoms with Gasteiger partial charge in [0.1, 0.15) is 16.9 Å². The zero-order valence-corrected chi connectivity index (χ0v) is 21.6. The maximum atomic E-state index is 14.1. The van der Waals surface area contributed by atoms with Crippen LogP contribution in [-0.4, -0.2) is 64.2 Å². The first-order valence-electron chi connectivity index (χ1n) is 13.0. The number of nitrogens with one attached hydrogen (secondary N) is 1. The summed E-state index contributed by atoms with van der Waals surface area (Å²) in [5, 5.41) is 3.18. The van der Waals surface area contributed by atoms with Crippen LogP contribution in [0.15, 0.2) is 24.5 Å². The molecule has 1 aliphatic carbocycles. The molecule has 1 saturated carbocycles. The zero-order chi connectivity index (χ0) is 25.5. The Kier molecular flexibility index (Phi) is 3.93. The minimum absolute atomic E-state index is 0.0494. The number of carbonyl (C=O) groups is 3. The summed E-state index contributed by atoms with van der Waals surface area (Å²) >= 11 is 0. The SMILES string of the molecule is CN1C(=O)[C@@]23CCC(=O)CN2C[C@@]12C[C@@]1(C(=O)Nc4c1ccc1c4OC=CC(C)(C)O1)C(C)(C)[C@@H]2C3. The minimum Gasteiger partial charge on any atom is -0.480 e. The average Bonchev–Trinajstić information content (AvgIpc) is 3.12. The molecule has 1 aromatic rings. The number of anilines is 1. The van der Waals surface area contributed by atoms with E-state index in [-0.39, 0.29) is 23.5 Å². The van der Waals surface area contributed by atoms with E-state index >= 15 is 0 Å². The Morgan fingerprint density at radius 1 is 1.11 bits per heavy atom. The molecular weight excluding hydrogens is 458 g/mol. The fraction of sp³-hybridized carbons (Fsp3) is 0.607. The third-order valence-corrected chi connectivity index (χ3v) is 10.6. The topological polar surface area (TPSA) is 88.2 Å². The molecule has 7 aliphatic rings. The van der Waals surface area contributed by atoms with Crippen LogP contribution >= 0.6 is 0 Å². The second-order valence-corrected chi connectivity index (χ2v) is 12.9. The van der Waals surface area contributed by atoms with Crippen LogP contribution < -0.4 is 14.8 Å². The van der Waals surface area contributed by atoms with Gasteiger partial charge in [-0.05, 0) is 62.1 Å². The minimum atomic E-state index is -0.838. The molecular formula is C28H33N3O5. The van der Waals surface area contributed by atoms with E-state index in [2.05, 4.69) is 24.1 Å². The first-order chi connectivity index (χ1) is 16.9. The molecule has 2 amide bonds. The van der Waals surface area contributed by atoms with Crippen LogP contribution in [0.25, 0.3) is 0 Å². The second kappa shape index (κ2) is 6.33. The van der Waals surface area contributed by atoms with Gasteiger partial charge in [0.05, 0.1) is 29.4 Å². The molecule has 36 heavy (non-hydrogen) atoms. The molecule has 5 fully saturated rings. The number of nitrogens with zero attached hydrogens (tertiary/aromatic N) is 2. The smallest absolute Gasteiger partial charge is 0.243 e. The van der Waals surface area contributed by atoms with E-state index in [0.717, 1.165) is 5.56 Å². The Morgan fingerprint density at radius 2 is 1.89 bits per heavy atom. The van der Waals surface area contributed by atoms with Gasteiger partial charge < -0.3 is 19.7 Å². The molecule has 0 unspecified atom stereocenters. The molecule has 4 saturated heterocycles. The average molecular weight is 492 g/mol. The Labute approximate surface area is 211 Å². The molecule has 8 nitrogen and oxygen atoms in total. The van der Waals surface area contributed by atoms with E-state index < -0.39 is 27.5 Å². The zero-order valence-electron chi connectivity index (χ0n) is 21.6. The molecule has 6 aliphatic heterocycles. The van der Waals surface area contributed by atoms with Crippen molar-refractivity contribution in [2.24, 2.45) is 11.3 Å². The Morgan fingerprint density at radius 3 is 2.67 bits per heavy atom. The Bertz CT molecular complexity index is 1300. The predicted molar refractivity (Wildman–Crippen MR) is 132 cm³/mol. The van der Waals surface area contributed by atoms with Crippen molar-refractivity contribution in [3.05, 3.63) is 30.0 Å². The van der Waals surface area contributed by atoms with Gasteiger partial charge in [-0.25, -0.2) is 0 Å². The van der Waals surface area contributed by atoms with Crippen LogP contribution in [0.2, 0.25) is 0 Å². The predicted octanol–water partition coefficient (Wildman–Crippen LogP) is 3.00. The molecule has 2 bridgehead atoms. The van der Waals surface area contributed by atoms with Crippen LogP contribution in [0.4, 0.5) is 5.69 Å². The highest BCUT2D eigenvalue weighted by molar-refractivity contribution is 6.09. The first-order valence-corrected chi connectivity index (χ1v) is 13.0. The number of amides is 2. The molecule has 6 heterocycles. The second-order valence-electron chi connectivity index (χ2n) is 12.9. The van der Waals surface area contributed by atoms with Gasteiger partial charge in [0.2, 0.25) is 11.8 Å². The fourth-order valence-corrected chi connectivity index (χ4v) is 8.73. The van der Waals surface area contributed by atoms with E-state index in [9.17, 15) is 14.4 Å². The van der Waals surface area contributed by atoms with E-state index in [1.807, 2.05) is 44.0 Å². The lowest BCUT2D eigenvalue weighted by molar-refractivity contribution is -0.196. The molecule has 1 aromatic carbocycles. The van der Waals surface area contributed by atoms with Crippen molar-refractivity contribution in [3.8, 4) is 11.5 Å². The van der Waals surface area contributed by atoms with Gasteiger partial charge in [-0.15, -0.1) is 0 Å². The molecule has 8 heteroatoms. The monoisotopic (exact) mass is 491 g/mol. The van der Waals surface area contributed by atoms with Crippen LogP contribution in [0.5, 0.6) is 11.5 Å². The number of Topliss-reactive ketones (excluding diaryl/α,β-unsaturated/α-hetero) is 1. The van der Waals surface area contributed by atoms with Crippen molar-refractivity contribution in [1.29, 1.82) is 0 Å². The molecule has 190 valence electrons. The van der Waals surface area contributed by atoms with Crippen LogP contribution in [0.3, 0.4) is 0 Å². The third-order valence-electron chi connectivity index (χ3n) is 10.6. The lowest BCUT2D eigenvalue weighted by atomic mass is 9.56. The molecule has 0 aromatic heterocycles. The number of piperidine rings is 3. The Balaban J connectivity index is 1.40. The summed E-state index contributed by atoms with van der Waals surface area (Å²) in [4.78, 5) is 44.5. The van der Waals surface area contributed by atoms with Gasteiger partial charge in [-0.2, -0.15) is 0 Å². The van der Waals surface area contributed by atoms with E-state index in [1.54, 1.807) is 6.26 Å². The lowest BCUT2D eigenvalue weighted by Crippen LogP contribution is -2.81. The third kappa shape index (κ3) is 2.29. The van der Waals surface area contributed by atoms with Crippen molar-refractivity contribution in [3.63, 3.8) is 0 Å². The quantitative estimate of drug-likeness (QED) is 0.600. The van der Waals surface area contributed by atoms with Gasteiger partial charge >= 0.3 is 0 Å². The number of piperazine rings is 1. The van der Waals surface area contributed by atoms with Crippen LogP contribution in [0, 0.1) is 11.3 Å². The van der Waals surface area contributed by atoms with Gasteiger partial charge in [0.15, 0.2) is 11.5 Å². The number of ketones is 1. The molecule has 0 radical (unpaired) electrons. The fourth-order valence-electron chi connectivity index (χ4n) is 8.73. The highest BCUT2D eigenvalue weighted by Crippen LogP contribution is 2.72. The van der Waals surface area contributed by atoms with E-state index in [4.69, 9.17) is 9.47 Å². The number of hydrogen-bond acceptors (Lipinski definition) is 6. The summed E-state index contributed by atoms with van der Waals surface area (Å²) in [5.41, 5.74) is -1.40. The van der Waals surface area contributed by atoms with E-state index in [0.29, 0.717) is 56.0 Å². The molecule has 8 rings (SSSR count). The summed E-state index contributed by atoms with van der Waals surface area (Å²) < 4.78 is 12.2. The standard InChI is InChI=1S/C28H33N3O5/c1-24(2)10-11-35-21-18(36-24)7-6-17-20(21)29-22(33)28(17)14-27-15-31-13-16(32)8-9-26(31,23(34)30(27)5)12-19(27)25(28,3)4/h6-7,10-11,19H,8-9,12-15H2,1-5H3,(H,29,33)/t19-,26-,27+,28+/m0/s1. The molecule has 1 N–H and O–H groups in total. The number of fused-ring (bicyclic) bond motifs is 5. The van der Waals surface area contributed by atoms with Gasteiger partial charge in [-0.3, -0.25) is 19.3 Å². The van der Waals surface area contributed by atoms with Crippen LogP contribution in [0.1, 0.15) is 58.9 Å². The first kappa shape index (κ1) is 22.3. The van der Waals surface area contributed by atoms with Gasteiger partial charge in [0.25, 0.3) is 0 Å². The largest absolute Gasteiger partial charge is 0.480 e. The number of rotatable bonds is 0. The van der Waals surface area contributed by atoms with Gasteiger partial charge in [-0.1, -0.05) is 19.9 Å². The number of hydrogen-bond donors (Lipinski definition) is 1. The number of ether oxygens (including phenoxy) is 2.